The molecule has 0 spiro atoms. The Morgan fingerprint density at radius 1 is 1.20 bits per heavy atom. The van der Waals surface area contributed by atoms with E-state index in [-0.39, 0.29) is 25.3 Å². The summed E-state index contributed by atoms with van der Waals surface area (Å²) in [6.07, 6.45) is 0. The third-order valence-electron chi connectivity index (χ3n) is 2.65. The zero-order valence-electron chi connectivity index (χ0n) is 9.77. The number of aliphatic hydroxyl groups excluding tert-OH is 2. The second kappa shape index (κ2) is 5.44. The van der Waals surface area contributed by atoms with E-state index in [1.165, 1.54) is 0 Å². The van der Waals surface area contributed by atoms with Gasteiger partial charge in [0.2, 0.25) is 0 Å². The molecule has 0 fully saturated rings. The minimum Gasteiger partial charge on any atom is -0.480 e. The van der Waals surface area contributed by atoms with Crippen molar-refractivity contribution >= 4 is 5.97 Å². The molecule has 90 valence electrons. The highest BCUT2D eigenvalue weighted by atomic mass is 16.4. The van der Waals surface area contributed by atoms with E-state index in [2.05, 4.69) is 0 Å². The number of carboxylic acids is 1. The summed E-state index contributed by atoms with van der Waals surface area (Å²) in [6.45, 7) is 6.32. The second-order valence-corrected chi connectivity index (χ2v) is 4.33. The second-order valence-electron chi connectivity index (χ2n) is 4.33. The van der Waals surface area contributed by atoms with E-state index < -0.39 is 11.5 Å². The topological polar surface area (TPSA) is 81.0 Å². The lowest BCUT2D eigenvalue weighted by Gasteiger charge is -2.42. The van der Waals surface area contributed by atoms with Crippen LogP contribution in [0.1, 0.15) is 27.7 Å². The summed E-state index contributed by atoms with van der Waals surface area (Å²) in [4.78, 5) is 12.7. The molecule has 0 aromatic carbocycles. The average Bonchev–Trinajstić information content (AvgIpc) is 2.16. The van der Waals surface area contributed by atoms with Gasteiger partial charge < -0.3 is 15.3 Å². The van der Waals surface area contributed by atoms with Gasteiger partial charge in [-0.3, -0.25) is 9.69 Å². The number of carbonyl (C=O) groups is 1. The normalized spacial score (nSPS) is 16.5. The first kappa shape index (κ1) is 14.3. The predicted octanol–water partition coefficient (Wildman–Crippen LogP) is -0.0868. The Labute approximate surface area is 90.3 Å². The van der Waals surface area contributed by atoms with Crippen LogP contribution in [-0.2, 0) is 4.79 Å². The smallest absolute Gasteiger partial charge is 0.323 e. The Hall–Kier alpha value is -0.650. The van der Waals surface area contributed by atoms with Gasteiger partial charge in [-0.1, -0.05) is 0 Å². The van der Waals surface area contributed by atoms with Crippen LogP contribution in [-0.4, -0.2) is 57.0 Å². The summed E-state index contributed by atoms with van der Waals surface area (Å²) < 4.78 is 0. The van der Waals surface area contributed by atoms with Crippen LogP contribution in [0.3, 0.4) is 0 Å². The van der Waals surface area contributed by atoms with Gasteiger partial charge >= 0.3 is 5.97 Å². The summed E-state index contributed by atoms with van der Waals surface area (Å²) >= 11 is 0. The molecule has 15 heavy (non-hydrogen) atoms. The molecule has 0 saturated heterocycles. The Morgan fingerprint density at radius 2 is 1.53 bits per heavy atom. The van der Waals surface area contributed by atoms with Gasteiger partial charge in [0, 0.05) is 12.1 Å². The Morgan fingerprint density at radius 3 is 1.73 bits per heavy atom. The Bertz CT molecular complexity index is 207. The fraction of sp³-hybridized carbons (Fsp3) is 0.900. The van der Waals surface area contributed by atoms with Crippen molar-refractivity contribution in [3.63, 3.8) is 0 Å². The molecule has 0 aromatic rings. The van der Waals surface area contributed by atoms with E-state index in [0.717, 1.165) is 0 Å². The zero-order valence-corrected chi connectivity index (χ0v) is 9.77. The van der Waals surface area contributed by atoms with Crippen LogP contribution in [0, 0.1) is 0 Å². The van der Waals surface area contributed by atoms with Crippen LogP contribution < -0.4 is 0 Å². The fourth-order valence-corrected chi connectivity index (χ4v) is 1.82. The number of hydrogen-bond donors (Lipinski definition) is 3. The molecule has 3 N–H and O–H groups in total. The van der Waals surface area contributed by atoms with Gasteiger partial charge in [0.1, 0.15) is 5.54 Å². The Balaban J connectivity index is 5.01. The summed E-state index contributed by atoms with van der Waals surface area (Å²) in [7, 11) is 0. The molecule has 0 saturated carbocycles. The van der Waals surface area contributed by atoms with Crippen molar-refractivity contribution in [3.8, 4) is 0 Å². The summed E-state index contributed by atoms with van der Waals surface area (Å²) in [6, 6.07) is -0.614. The first-order valence-corrected chi connectivity index (χ1v) is 5.02. The van der Waals surface area contributed by atoms with Crippen LogP contribution in [0.4, 0.5) is 0 Å². The first-order chi connectivity index (χ1) is 6.78. The van der Waals surface area contributed by atoms with Crippen molar-refractivity contribution in [1.82, 2.24) is 4.90 Å². The van der Waals surface area contributed by atoms with E-state index in [0.29, 0.717) is 0 Å². The zero-order chi connectivity index (χ0) is 12.2. The van der Waals surface area contributed by atoms with E-state index in [4.69, 9.17) is 15.3 Å². The molecule has 0 aliphatic rings. The van der Waals surface area contributed by atoms with Crippen molar-refractivity contribution in [2.45, 2.75) is 45.3 Å². The lowest BCUT2D eigenvalue weighted by Crippen LogP contribution is -2.59. The third-order valence-corrected chi connectivity index (χ3v) is 2.65. The molecular formula is C10H21NO4. The van der Waals surface area contributed by atoms with Crippen LogP contribution in [0.2, 0.25) is 0 Å². The number of rotatable bonds is 6. The van der Waals surface area contributed by atoms with Crippen molar-refractivity contribution in [2.24, 2.45) is 0 Å². The molecule has 5 heteroatoms. The van der Waals surface area contributed by atoms with Crippen molar-refractivity contribution in [1.29, 1.82) is 0 Å². The van der Waals surface area contributed by atoms with Crippen LogP contribution >= 0.6 is 0 Å². The third kappa shape index (κ3) is 3.15. The average molecular weight is 219 g/mol. The number of carboxylic acid groups (broad SMARTS) is 1. The van der Waals surface area contributed by atoms with E-state index >= 15 is 0 Å². The van der Waals surface area contributed by atoms with Crippen molar-refractivity contribution in [3.05, 3.63) is 0 Å². The molecule has 0 bridgehead atoms. The molecule has 2 unspecified atom stereocenters. The molecule has 0 amide bonds. The van der Waals surface area contributed by atoms with Crippen LogP contribution in [0.15, 0.2) is 0 Å². The SMILES string of the molecule is CC(CO)N(C(C)CO)C(C)(C)C(=O)O. The molecule has 0 aliphatic carbocycles. The molecular weight excluding hydrogens is 198 g/mol. The first-order valence-electron chi connectivity index (χ1n) is 5.02. The lowest BCUT2D eigenvalue weighted by molar-refractivity contribution is -0.154. The van der Waals surface area contributed by atoms with Gasteiger partial charge in [0.05, 0.1) is 13.2 Å². The maximum Gasteiger partial charge on any atom is 0.323 e. The molecule has 2 atom stereocenters. The standard InChI is InChI=1S/C10H21NO4/c1-7(5-12)11(8(2)6-13)10(3,4)9(14)15/h7-8,12-13H,5-6H2,1-4H3,(H,14,15). The molecule has 0 rings (SSSR count). The van der Waals surface area contributed by atoms with E-state index in [1.54, 1.807) is 32.6 Å². The minimum absolute atomic E-state index is 0.138. The maximum absolute atomic E-state index is 11.1. The van der Waals surface area contributed by atoms with Crippen molar-refractivity contribution in [2.75, 3.05) is 13.2 Å². The molecule has 5 nitrogen and oxygen atoms in total. The summed E-state index contributed by atoms with van der Waals surface area (Å²) in [5.74, 6) is -0.969. The predicted molar refractivity (Wildman–Crippen MR) is 56.6 cm³/mol. The highest BCUT2D eigenvalue weighted by Gasteiger charge is 2.39. The van der Waals surface area contributed by atoms with E-state index in [1.807, 2.05) is 0 Å². The number of hydrogen-bond acceptors (Lipinski definition) is 4. The van der Waals surface area contributed by atoms with Gasteiger partial charge in [-0.25, -0.2) is 0 Å². The summed E-state index contributed by atoms with van der Waals surface area (Å²) in [5, 5.41) is 27.3. The summed E-state index contributed by atoms with van der Waals surface area (Å²) in [5.41, 5.74) is -1.11. The number of aliphatic hydroxyl groups is 2. The van der Waals surface area contributed by atoms with E-state index in [9.17, 15) is 4.79 Å². The van der Waals surface area contributed by atoms with Crippen LogP contribution in [0.25, 0.3) is 0 Å². The maximum atomic E-state index is 11.1. The van der Waals surface area contributed by atoms with Gasteiger partial charge in [-0.05, 0) is 27.7 Å². The van der Waals surface area contributed by atoms with Gasteiger partial charge in [-0.2, -0.15) is 0 Å². The largest absolute Gasteiger partial charge is 0.480 e. The van der Waals surface area contributed by atoms with Crippen LogP contribution in [0.5, 0.6) is 0 Å². The van der Waals surface area contributed by atoms with Crippen molar-refractivity contribution < 1.29 is 20.1 Å². The monoisotopic (exact) mass is 219 g/mol. The lowest BCUT2D eigenvalue weighted by atomic mass is 9.98. The number of aliphatic carboxylic acids is 1. The molecule has 0 heterocycles. The molecule has 0 aromatic heterocycles. The van der Waals surface area contributed by atoms with Gasteiger partial charge in [0.25, 0.3) is 0 Å². The quantitative estimate of drug-likeness (QED) is 0.582. The Kier molecular flexibility index (Phi) is 5.20. The van der Waals surface area contributed by atoms with Gasteiger partial charge in [-0.15, -0.1) is 0 Å². The number of nitrogens with zero attached hydrogens (tertiary/aromatic N) is 1. The highest BCUT2D eigenvalue weighted by molar-refractivity contribution is 5.77. The fourth-order valence-electron chi connectivity index (χ4n) is 1.82. The minimum atomic E-state index is -1.11. The molecule has 0 aliphatic heterocycles. The highest BCUT2D eigenvalue weighted by Crippen LogP contribution is 2.21. The van der Waals surface area contributed by atoms with Gasteiger partial charge in [0.15, 0.2) is 0 Å². The molecule has 0 radical (unpaired) electrons.